The Hall–Kier alpha value is -7.66. The van der Waals surface area contributed by atoms with Gasteiger partial charge in [0.2, 0.25) is 0 Å². The molecule has 8 aromatic carbocycles. The van der Waals surface area contributed by atoms with Crippen LogP contribution in [0.25, 0.3) is 88.4 Å². The number of hydrogen-bond acceptors (Lipinski definition) is 2. The van der Waals surface area contributed by atoms with Crippen molar-refractivity contribution in [1.82, 2.24) is 9.13 Å². The van der Waals surface area contributed by atoms with Crippen molar-refractivity contribution < 1.29 is 0 Å². The quantitative estimate of drug-likeness (QED) is 0.181. The highest BCUT2D eigenvalue weighted by Crippen LogP contribution is 2.44. The maximum atomic E-state index is 10.5. The molecule has 2 heterocycles. The summed E-state index contributed by atoms with van der Waals surface area (Å²) >= 11 is 0. The summed E-state index contributed by atoms with van der Waals surface area (Å²) in [5, 5.41) is 25.4. The zero-order valence-electron chi connectivity index (χ0n) is 29.1. The van der Waals surface area contributed by atoms with E-state index in [2.05, 4.69) is 167 Å². The number of benzene rings is 8. The first-order chi connectivity index (χ1) is 26.7. The summed E-state index contributed by atoms with van der Waals surface area (Å²) in [6, 6.07) is 67.9. The lowest BCUT2D eigenvalue weighted by Crippen LogP contribution is -2.01. The molecule has 0 fully saturated rings. The fourth-order valence-corrected chi connectivity index (χ4v) is 8.18. The Kier molecular flexibility index (Phi) is 7.22. The van der Waals surface area contributed by atoms with Gasteiger partial charge in [-0.15, -0.1) is 0 Å². The van der Waals surface area contributed by atoms with Crippen LogP contribution < -0.4 is 0 Å². The summed E-state index contributed by atoms with van der Waals surface area (Å²) in [7, 11) is 0. The van der Waals surface area contributed by atoms with Gasteiger partial charge in [0.1, 0.15) is 0 Å². The lowest BCUT2D eigenvalue weighted by Gasteiger charge is -2.18. The number of nitrogens with zero attached hydrogens (tertiary/aromatic N) is 4. The maximum absolute atomic E-state index is 10.5. The highest BCUT2D eigenvalue weighted by molar-refractivity contribution is 6.15. The highest BCUT2D eigenvalue weighted by atomic mass is 15.0. The van der Waals surface area contributed by atoms with Crippen LogP contribution in [0.5, 0.6) is 0 Å². The van der Waals surface area contributed by atoms with Crippen LogP contribution >= 0.6 is 0 Å². The predicted molar refractivity (Wildman–Crippen MR) is 221 cm³/mol. The summed E-state index contributed by atoms with van der Waals surface area (Å²) in [6.07, 6.45) is 0. The molecule has 0 aliphatic carbocycles. The van der Waals surface area contributed by atoms with Crippen LogP contribution in [-0.4, -0.2) is 9.13 Å². The van der Waals surface area contributed by atoms with E-state index in [0.29, 0.717) is 16.7 Å². The Labute approximate surface area is 312 Å². The zero-order valence-corrected chi connectivity index (χ0v) is 29.1. The van der Waals surface area contributed by atoms with Crippen molar-refractivity contribution in [3.63, 3.8) is 0 Å². The van der Waals surface area contributed by atoms with Gasteiger partial charge in [-0.2, -0.15) is 10.5 Å². The third-order valence-corrected chi connectivity index (χ3v) is 10.6. The number of fused-ring (bicyclic) bond motifs is 6. The summed E-state index contributed by atoms with van der Waals surface area (Å²) < 4.78 is 4.64. The number of hydrogen-bond donors (Lipinski definition) is 0. The molecule has 0 saturated heterocycles. The summed E-state index contributed by atoms with van der Waals surface area (Å²) in [6.45, 7) is 0. The molecule has 0 radical (unpaired) electrons. The Morgan fingerprint density at radius 2 is 0.852 bits per heavy atom. The van der Waals surface area contributed by atoms with E-state index in [1.165, 1.54) is 0 Å². The zero-order chi connectivity index (χ0) is 36.2. The number of para-hydroxylation sites is 2. The molecule has 0 aliphatic heterocycles. The van der Waals surface area contributed by atoms with Gasteiger partial charge in [-0.3, -0.25) is 0 Å². The van der Waals surface area contributed by atoms with Gasteiger partial charge in [0.15, 0.2) is 0 Å². The second kappa shape index (κ2) is 12.5. The molecule has 0 amide bonds. The Morgan fingerprint density at radius 3 is 1.43 bits per heavy atom. The molecule has 0 N–H and O–H groups in total. The number of rotatable bonds is 5. The van der Waals surface area contributed by atoms with E-state index in [9.17, 15) is 10.5 Å². The van der Waals surface area contributed by atoms with Gasteiger partial charge < -0.3 is 9.13 Å². The Balaban J connectivity index is 1.38. The topological polar surface area (TPSA) is 57.4 Å². The molecular formula is C50H30N4. The van der Waals surface area contributed by atoms with E-state index in [0.717, 1.165) is 82.8 Å². The molecular weight excluding hydrogens is 657 g/mol. The van der Waals surface area contributed by atoms with Crippen LogP contribution in [0.15, 0.2) is 182 Å². The smallest absolute Gasteiger partial charge is 0.0998 e. The van der Waals surface area contributed by atoms with Gasteiger partial charge in [0, 0.05) is 38.4 Å². The third-order valence-electron chi connectivity index (χ3n) is 10.6. The van der Waals surface area contributed by atoms with Crippen molar-refractivity contribution in [2.24, 2.45) is 0 Å². The minimum atomic E-state index is 0.458. The van der Waals surface area contributed by atoms with Crippen molar-refractivity contribution in [2.45, 2.75) is 0 Å². The van der Waals surface area contributed by atoms with Crippen molar-refractivity contribution in [3.05, 3.63) is 193 Å². The van der Waals surface area contributed by atoms with E-state index < -0.39 is 0 Å². The van der Waals surface area contributed by atoms with Crippen LogP contribution in [0.4, 0.5) is 0 Å². The summed E-state index contributed by atoms with van der Waals surface area (Å²) in [4.78, 5) is 0. The molecule has 10 rings (SSSR count). The molecule has 0 unspecified atom stereocenters. The average Bonchev–Trinajstić information content (AvgIpc) is 3.75. The van der Waals surface area contributed by atoms with Crippen molar-refractivity contribution in [1.29, 1.82) is 10.5 Å². The largest absolute Gasteiger partial charge is 0.309 e. The molecule has 4 nitrogen and oxygen atoms in total. The second-order valence-electron chi connectivity index (χ2n) is 13.6. The van der Waals surface area contributed by atoms with Gasteiger partial charge in [-0.25, -0.2) is 0 Å². The molecule has 2 aromatic heterocycles. The highest BCUT2D eigenvalue weighted by Gasteiger charge is 2.24. The van der Waals surface area contributed by atoms with Gasteiger partial charge >= 0.3 is 0 Å². The van der Waals surface area contributed by atoms with Crippen LogP contribution in [0, 0.1) is 22.7 Å². The number of nitriles is 2. The standard InChI is InChI=1S/C50H30N4/c51-31-37-17-12-18-38(32-52)50(37)44-29-43-40-21-10-11-22-45(40)53(39-19-8-3-9-20-39)48(43)30-49(44)54-46-25-23-35(33-13-4-1-5-14-33)27-41(46)42-28-36(24-26-47(42)54)34-15-6-2-7-16-34/h1-30H. The van der Waals surface area contributed by atoms with Crippen molar-refractivity contribution >= 4 is 43.6 Å². The van der Waals surface area contributed by atoms with Crippen LogP contribution in [0.2, 0.25) is 0 Å². The molecule has 54 heavy (non-hydrogen) atoms. The summed E-state index contributed by atoms with van der Waals surface area (Å²) in [5.41, 5.74) is 13.1. The normalized spacial score (nSPS) is 11.3. The summed E-state index contributed by atoms with van der Waals surface area (Å²) in [5.74, 6) is 0. The van der Waals surface area contributed by atoms with Crippen molar-refractivity contribution in [3.8, 4) is 56.9 Å². The van der Waals surface area contributed by atoms with Crippen molar-refractivity contribution in [2.75, 3.05) is 0 Å². The Bertz CT molecular complexity index is 3030. The minimum Gasteiger partial charge on any atom is -0.309 e. The fourth-order valence-electron chi connectivity index (χ4n) is 8.18. The Morgan fingerprint density at radius 1 is 0.352 bits per heavy atom. The molecule has 250 valence electrons. The first-order valence-electron chi connectivity index (χ1n) is 18.0. The van der Waals surface area contributed by atoms with E-state index >= 15 is 0 Å². The van der Waals surface area contributed by atoms with Crippen LogP contribution in [0.1, 0.15) is 11.1 Å². The van der Waals surface area contributed by atoms with E-state index in [1.807, 2.05) is 30.3 Å². The predicted octanol–water partition coefficient (Wildman–Crippen LogP) is 12.6. The SMILES string of the molecule is N#Cc1cccc(C#N)c1-c1cc2c3ccccc3n(-c3ccccc3)c2cc1-n1c2ccc(-c3ccccc3)cc2c2cc(-c3ccccc3)ccc21. The van der Waals surface area contributed by atoms with E-state index in [1.54, 1.807) is 6.07 Å². The molecule has 10 aromatic rings. The van der Waals surface area contributed by atoms with Gasteiger partial charge in [-0.1, -0.05) is 115 Å². The molecule has 4 heteroatoms. The van der Waals surface area contributed by atoms with Crippen LogP contribution in [0.3, 0.4) is 0 Å². The first-order valence-corrected chi connectivity index (χ1v) is 18.0. The number of aromatic nitrogens is 2. The lowest BCUT2D eigenvalue weighted by molar-refractivity contribution is 1.15. The molecule has 0 aliphatic rings. The molecule has 0 spiro atoms. The minimum absolute atomic E-state index is 0.458. The van der Waals surface area contributed by atoms with Gasteiger partial charge in [-0.05, 0) is 89.0 Å². The molecule has 0 bridgehead atoms. The van der Waals surface area contributed by atoms with E-state index in [-0.39, 0.29) is 0 Å². The monoisotopic (exact) mass is 686 g/mol. The third kappa shape index (κ3) is 4.83. The first kappa shape index (κ1) is 31.1. The average molecular weight is 687 g/mol. The maximum Gasteiger partial charge on any atom is 0.0998 e. The van der Waals surface area contributed by atoms with E-state index in [4.69, 9.17) is 0 Å². The fraction of sp³-hybridized carbons (Fsp3) is 0. The molecule has 0 atom stereocenters. The lowest BCUT2D eigenvalue weighted by atomic mass is 9.92. The second-order valence-corrected chi connectivity index (χ2v) is 13.6. The van der Waals surface area contributed by atoms with Gasteiger partial charge in [0.25, 0.3) is 0 Å². The molecule has 0 saturated carbocycles. The van der Waals surface area contributed by atoms with Gasteiger partial charge in [0.05, 0.1) is 51.0 Å². The van der Waals surface area contributed by atoms with Crippen LogP contribution in [-0.2, 0) is 0 Å².